The molecule has 1 atom stereocenters. The van der Waals surface area contributed by atoms with E-state index < -0.39 is 0 Å². The number of oxazole rings is 1. The highest BCUT2D eigenvalue weighted by atomic mass is 16.4. The second-order valence-electron chi connectivity index (χ2n) is 6.13. The summed E-state index contributed by atoms with van der Waals surface area (Å²) in [5, 5.41) is 9.82. The van der Waals surface area contributed by atoms with Gasteiger partial charge in [-0.05, 0) is 17.2 Å². The molecular weight excluding hydrogens is 326 g/mol. The van der Waals surface area contributed by atoms with Crippen molar-refractivity contribution in [2.24, 2.45) is 5.73 Å². The van der Waals surface area contributed by atoms with Crippen molar-refractivity contribution in [3.8, 4) is 6.07 Å². The van der Waals surface area contributed by atoms with E-state index >= 15 is 0 Å². The minimum Gasteiger partial charge on any atom is -0.425 e. The zero-order valence-corrected chi connectivity index (χ0v) is 14.3. The summed E-state index contributed by atoms with van der Waals surface area (Å²) in [6.07, 6.45) is 3.43. The fourth-order valence-electron chi connectivity index (χ4n) is 3.27. The Labute approximate surface area is 151 Å². The zero-order valence-electron chi connectivity index (χ0n) is 14.3. The van der Waals surface area contributed by atoms with Crippen LogP contribution < -0.4 is 10.6 Å². The molecule has 0 amide bonds. The van der Waals surface area contributed by atoms with Crippen LogP contribution in [0.3, 0.4) is 0 Å². The molecule has 0 radical (unpaired) electrons. The van der Waals surface area contributed by atoms with Crippen LogP contribution in [-0.4, -0.2) is 9.97 Å². The highest BCUT2D eigenvalue weighted by molar-refractivity contribution is 5.63. The molecule has 1 aliphatic heterocycles. The number of anilines is 1. The summed E-state index contributed by atoms with van der Waals surface area (Å²) >= 11 is 0. The second-order valence-corrected chi connectivity index (χ2v) is 6.13. The fraction of sp³-hybridized carbons (Fsp3) is 0.150. The molecule has 2 N–H and O–H groups in total. The highest BCUT2D eigenvalue weighted by Crippen LogP contribution is 2.43. The first kappa shape index (κ1) is 15.9. The minimum absolute atomic E-state index is 0.381. The van der Waals surface area contributed by atoms with E-state index in [9.17, 15) is 5.26 Å². The van der Waals surface area contributed by atoms with Crippen LogP contribution in [0.15, 0.2) is 70.7 Å². The third-order valence-electron chi connectivity index (χ3n) is 4.44. The topological polar surface area (TPSA) is 92.0 Å². The second kappa shape index (κ2) is 6.37. The van der Waals surface area contributed by atoms with Gasteiger partial charge in [0.15, 0.2) is 5.89 Å². The average Bonchev–Trinajstić information content (AvgIpc) is 3.06. The van der Waals surface area contributed by atoms with E-state index in [-0.39, 0.29) is 5.92 Å². The molecule has 0 spiro atoms. The Morgan fingerprint density at radius 1 is 1.23 bits per heavy atom. The molecule has 2 aromatic heterocycles. The van der Waals surface area contributed by atoms with E-state index in [0.717, 1.165) is 11.1 Å². The molecule has 1 unspecified atom stereocenters. The van der Waals surface area contributed by atoms with Crippen molar-refractivity contribution in [1.82, 2.24) is 9.97 Å². The summed E-state index contributed by atoms with van der Waals surface area (Å²) in [6, 6.07) is 15.9. The Morgan fingerprint density at radius 3 is 2.73 bits per heavy atom. The monoisotopic (exact) mass is 343 g/mol. The number of nitrogens with two attached hydrogens (primary N) is 1. The molecular formula is C20H17N5O. The third kappa shape index (κ3) is 2.60. The normalized spacial score (nSPS) is 16.3. The Morgan fingerprint density at radius 2 is 2.04 bits per heavy atom. The van der Waals surface area contributed by atoms with Gasteiger partial charge in [-0.3, -0.25) is 9.88 Å². The largest absolute Gasteiger partial charge is 0.425 e. The lowest BCUT2D eigenvalue weighted by atomic mass is 9.87. The fourth-order valence-corrected chi connectivity index (χ4v) is 3.27. The number of aryl methyl sites for hydroxylation is 1. The summed E-state index contributed by atoms with van der Waals surface area (Å²) in [5.41, 5.74) is 9.48. The standard InChI is InChI=1S/C20H17N5O/c1-13-24-18-17(15-8-5-9-23-11-15)16(10-21)19(22)25(20(18)26-13)12-14-6-3-2-4-7-14/h2-9,11,17H,12,22H2,1H3. The highest BCUT2D eigenvalue weighted by Gasteiger charge is 2.37. The van der Waals surface area contributed by atoms with Crippen LogP contribution >= 0.6 is 0 Å². The molecule has 0 aliphatic carbocycles. The number of benzene rings is 1. The van der Waals surface area contributed by atoms with Gasteiger partial charge in [0.1, 0.15) is 11.5 Å². The van der Waals surface area contributed by atoms with Crippen LogP contribution in [0.4, 0.5) is 5.88 Å². The van der Waals surface area contributed by atoms with E-state index in [1.807, 2.05) is 47.4 Å². The number of nitrogens with zero attached hydrogens (tertiary/aromatic N) is 4. The average molecular weight is 343 g/mol. The van der Waals surface area contributed by atoms with Crippen molar-refractivity contribution in [3.63, 3.8) is 0 Å². The molecule has 0 fully saturated rings. The first-order valence-corrected chi connectivity index (χ1v) is 8.27. The molecule has 4 rings (SSSR count). The SMILES string of the molecule is Cc1nc2c(o1)N(Cc1ccccc1)C(N)=C(C#N)C2c1cccnc1. The van der Waals surface area contributed by atoms with Crippen molar-refractivity contribution < 1.29 is 4.42 Å². The van der Waals surface area contributed by atoms with Crippen LogP contribution in [-0.2, 0) is 6.54 Å². The number of fused-ring (bicyclic) bond motifs is 1. The summed E-state index contributed by atoms with van der Waals surface area (Å²) in [4.78, 5) is 10.5. The van der Waals surface area contributed by atoms with Gasteiger partial charge in [-0.25, -0.2) is 4.98 Å². The van der Waals surface area contributed by atoms with Crippen LogP contribution in [0.5, 0.6) is 0 Å². The van der Waals surface area contributed by atoms with Crippen LogP contribution in [0.25, 0.3) is 0 Å². The van der Waals surface area contributed by atoms with E-state index in [0.29, 0.717) is 35.4 Å². The lowest BCUT2D eigenvalue weighted by molar-refractivity contribution is 0.510. The first-order valence-electron chi connectivity index (χ1n) is 8.27. The number of rotatable bonds is 3. The Kier molecular flexibility index (Phi) is 3.90. The van der Waals surface area contributed by atoms with Gasteiger partial charge >= 0.3 is 0 Å². The van der Waals surface area contributed by atoms with Crippen LogP contribution in [0, 0.1) is 18.3 Å². The van der Waals surface area contributed by atoms with Gasteiger partial charge in [0, 0.05) is 19.3 Å². The Balaban J connectivity index is 1.87. The summed E-state index contributed by atoms with van der Waals surface area (Å²) in [6.45, 7) is 2.29. The van der Waals surface area contributed by atoms with Crippen molar-refractivity contribution in [1.29, 1.82) is 5.26 Å². The van der Waals surface area contributed by atoms with Gasteiger partial charge in [-0.2, -0.15) is 5.26 Å². The number of hydrogen-bond acceptors (Lipinski definition) is 6. The number of hydrogen-bond donors (Lipinski definition) is 1. The van der Waals surface area contributed by atoms with Gasteiger partial charge in [0.25, 0.3) is 0 Å². The van der Waals surface area contributed by atoms with E-state index in [1.54, 1.807) is 19.3 Å². The minimum atomic E-state index is -0.381. The maximum atomic E-state index is 9.82. The molecule has 6 nitrogen and oxygen atoms in total. The molecule has 1 aliphatic rings. The van der Waals surface area contributed by atoms with E-state index in [1.165, 1.54) is 0 Å². The van der Waals surface area contributed by atoms with Crippen molar-refractivity contribution in [2.75, 3.05) is 4.90 Å². The first-order chi connectivity index (χ1) is 12.7. The predicted molar refractivity (Wildman–Crippen MR) is 96.8 cm³/mol. The summed E-state index contributed by atoms with van der Waals surface area (Å²) < 4.78 is 5.88. The van der Waals surface area contributed by atoms with Gasteiger partial charge in [0.2, 0.25) is 5.88 Å². The smallest absolute Gasteiger partial charge is 0.226 e. The van der Waals surface area contributed by atoms with E-state index in [2.05, 4.69) is 16.0 Å². The number of aromatic nitrogens is 2. The molecule has 6 heteroatoms. The van der Waals surface area contributed by atoms with Crippen LogP contribution in [0.2, 0.25) is 0 Å². The lowest BCUT2D eigenvalue weighted by Crippen LogP contribution is -2.34. The maximum absolute atomic E-state index is 9.82. The summed E-state index contributed by atoms with van der Waals surface area (Å²) in [5.74, 6) is 1.12. The Bertz CT molecular complexity index is 1000. The number of allylic oxidation sites excluding steroid dienone is 1. The molecule has 26 heavy (non-hydrogen) atoms. The number of pyridine rings is 1. The van der Waals surface area contributed by atoms with Crippen molar-refractivity contribution >= 4 is 5.88 Å². The molecule has 0 saturated heterocycles. The van der Waals surface area contributed by atoms with Crippen LogP contribution in [0.1, 0.15) is 28.6 Å². The van der Waals surface area contributed by atoms with Gasteiger partial charge in [0.05, 0.1) is 24.1 Å². The van der Waals surface area contributed by atoms with Gasteiger partial charge in [-0.1, -0.05) is 36.4 Å². The third-order valence-corrected chi connectivity index (χ3v) is 4.44. The zero-order chi connectivity index (χ0) is 18.1. The Hall–Kier alpha value is -3.59. The van der Waals surface area contributed by atoms with E-state index in [4.69, 9.17) is 10.2 Å². The van der Waals surface area contributed by atoms with Gasteiger partial charge < -0.3 is 10.2 Å². The van der Waals surface area contributed by atoms with Gasteiger partial charge in [-0.15, -0.1) is 0 Å². The molecule has 3 aromatic rings. The molecule has 128 valence electrons. The lowest BCUT2D eigenvalue weighted by Gasteiger charge is -2.31. The summed E-state index contributed by atoms with van der Waals surface area (Å²) in [7, 11) is 0. The van der Waals surface area contributed by atoms with Crippen molar-refractivity contribution in [3.05, 3.63) is 89.0 Å². The molecule has 0 saturated carbocycles. The molecule has 0 bridgehead atoms. The maximum Gasteiger partial charge on any atom is 0.226 e. The molecule has 1 aromatic carbocycles. The van der Waals surface area contributed by atoms with Crippen molar-refractivity contribution in [2.45, 2.75) is 19.4 Å². The predicted octanol–water partition coefficient (Wildman–Crippen LogP) is 3.22. The molecule has 3 heterocycles. The quantitative estimate of drug-likeness (QED) is 0.785. The number of nitriles is 1.